The molecule has 0 radical (unpaired) electrons. The van der Waals surface area contributed by atoms with Crippen LogP contribution in [0.5, 0.6) is 0 Å². The molecular formula is C10H14N2NaO9-. The first-order valence-electron chi connectivity index (χ1n) is 5.59. The minimum Gasteiger partial charge on any atom is -0.549 e. The van der Waals surface area contributed by atoms with Crippen LogP contribution in [0.4, 0.5) is 0 Å². The predicted molar refractivity (Wildman–Crippen MR) is 59.3 cm³/mol. The molecule has 120 valence electrons. The second kappa shape index (κ2) is 11.3. The second-order valence-corrected chi connectivity index (χ2v) is 4.09. The van der Waals surface area contributed by atoms with Crippen molar-refractivity contribution in [3.05, 3.63) is 0 Å². The van der Waals surface area contributed by atoms with E-state index >= 15 is 0 Å². The van der Waals surface area contributed by atoms with Crippen molar-refractivity contribution in [3.63, 3.8) is 0 Å². The Labute approximate surface area is 147 Å². The van der Waals surface area contributed by atoms with E-state index in [4.69, 9.17) is 10.2 Å². The fourth-order valence-corrected chi connectivity index (χ4v) is 1.51. The second-order valence-electron chi connectivity index (χ2n) is 4.09. The van der Waals surface area contributed by atoms with Crippen molar-refractivity contribution in [2.24, 2.45) is 0 Å². The van der Waals surface area contributed by atoms with Gasteiger partial charge in [-0.15, -0.1) is 0 Å². The van der Waals surface area contributed by atoms with E-state index in [1.54, 1.807) is 0 Å². The van der Waals surface area contributed by atoms with Crippen molar-refractivity contribution >= 4 is 23.9 Å². The standard InChI is InChI=1S/C10H16N2O9.Na/c13-6(12(4-9(18)19)5-10(20)21)1-11(2-7(14)15)3-8(16)17;/h6,13H,1-5H2,(H,14,15)(H,16,17)(H,18,19)(H,20,21);/q;+1/p-2. The summed E-state index contributed by atoms with van der Waals surface area (Å²) in [5.41, 5.74) is 0. The average Bonchev–Trinajstić information content (AvgIpc) is 2.24. The van der Waals surface area contributed by atoms with Gasteiger partial charge >= 0.3 is 41.5 Å². The van der Waals surface area contributed by atoms with Crippen molar-refractivity contribution in [3.8, 4) is 0 Å². The molecular weight excluding hydrogens is 315 g/mol. The van der Waals surface area contributed by atoms with Gasteiger partial charge in [0.05, 0.1) is 25.0 Å². The topological polar surface area (TPSA) is 182 Å². The summed E-state index contributed by atoms with van der Waals surface area (Å²) < 4.78 is 0. The Morgan fingerprint density at radius 3 is 1.68 bits per heavy atom. The average molecular weight is 329 g/mol. The van der Waals surface area contributed by atoms with Gasteiger partial charge in [0.2, 0.25) is 0 Å². The first-order chi connectivity index (χ1) is 9.61. The smallest absolute Gasteiger partial charge is 0.549 e. The monoisotopic (exact) mass is 329 g/mol. The van der Waals surface area contributed by atoms with Gasteiger partial charge in [-0.2, -0.15) is 0 Å². The zero-order valence-electron chi connectivity index (χ0n) is 11.8. The normalized spacial score (nSPS) is 11.8. The van der Waals surface area contributed by atoms with Crippen LogP contribution in [0, 0.1) is 0 Å². The number of hydrogen-bond acceptors (Lipinski definition) is 9. The summed E-state index contributed by atoms with van der Waals surface area (Å²) in [4.78, 5) is 43.4. The first-order valence-corrected chi connectivity index (χ1v) is 5.59. The maximum atomic E-state index is 10.6. The number of rotatable bonds is 11. The molecule has 22 heavy (non-hydrogen) atoms. The number of aliphatic hydroxyl groups is 1. The summed E-state index contributed by atoms with van der Waals surface area (Å²) in [5, 5.41) is 47.8. The van der Waals surface area contributed by atoms with Crippen LogP contribution in [0.2, 0.25) is 0 Å². The molecule has 0 aromatic rings. The Morgan fingerprint density at radius 2 is 1.32 bits per heavy atom. The molecule has 0 rings (SSSR count). The molecule has 1 unspecified atom stereocenters. The van der Waals surface area contributed by atoms with Gasteiger partial charge in [-0.1, -0.05) is 0 Å². The number of hydrogen-bond donors (Lipinski definition) is 3. The molecule has 0 fully saturated rings. The fourth-order valence-electron chi connectivity index (χ4n) is 1.51. The molecule has 11 nitrogen and oxygen atoms in total. The van der Waals surface area contributed by atoms with Crippen LogP contribution in [0.15, 0.2) is 0 Å². The maximum absolute atomic E-state index is 10.6. The van der Waals surface area contributed by atoms with Gasteiger partial charge in [-0.25, -0.2) is 0 Å². The van der Waals surface area contributed by atoms with Crippen molar-refractivity contribution in [2.75, 3.05) is 32.7 Å². The van der Waals surface area contributed by atoms with Crippen LogP contribution in [0.3, 0.4) is 0 Å². The minimum atomic E-state index is -1.71. The summed E-state index contributed by atoms with van der Waals surface area (Å²) in [6, 6.07) is 0. The van der Waals surface area contributed by atoms with E-state index in [0.29, 0.717) is 4.90 Å². The largest absolute Gasteiger partial charge is 1.00 e. The molecule has 0 saturated heterocycles. The SMILES string of the molecule is O=C([O-])CN(CC(=O)O)CC(O)N(CC(=O)[O-])CC(=O)O.[Na+]. The molecule has 0 aromatic carbocycles. The van der Waals surface area contributed by atoms with Crippen LogP contribution in [0.25, 0.3) is 0 Å². The fraction of sp³-hybridized carbons (Fsp3) is 0.600. The Bertz CT molecular complexity index is 385. The molecule has 0 amide bonds. The minimum absolute atomic E-state index is 0. The predicted octanol–water partition coefficient (Wildman–Crippen LogP) is -8.42. The van der Waals surface area contributed by atoms with E-state index in [1.807, 2.05) is 0 Å². The van der Waals surface area contributed by atoms with Gasteiger partial charge < -0.3 is 35.1 Å². The van der Waals surface area contributed by atoms with Gasteiger partial charge in [-0.3, -0.25) is 19.4 Å². The molecule has 0 aromatic heterocycles. The summed E-state index contributed by atoms with van der Waals surface area (Å²) in [6.07, 6.45) is -1.71. The molecule has 0 aliphatic carbocycles. The van der Waals surface area contributed by atoms with Crippen molar-refractivity contribution < 1.29 is 74.3 Å². The molecule has 0 aliphatic heterocycles. The number of carboxylic acids is 4. The summed E-state index contributed by atoms with van der Waals surface area (Å²) in [7, 11) is 0. The third-order valence-corrected chi connectivity index (χ3v) is 2.23. The Hall–Kier alpha value is -1.24. The van der Waals surface area contributed by atoms with Gasteiger partial charge in [0.1, 0.15) is 6.23 Å². The maximum Gasteiger partial charge on any atom is 1.00 e. The molecule has 3 N–H and O–H groups in total. The number of carboxylic acid groups (broad SMARTS) is 4. The molecule has 0 saturated carbocycles. The van der Waals surface area contributed by atoms with Crippen LogP contribution in [-0.2, 0) is 19.2 Å². The number of carbonyl (C=O) groups excluding carboxylic acids is 2. The zero-order chi connectivity index (χ0) is 16.6. The van der Waals surface area contributed by atoms with Crippen LogP contribution in [-0.4, -0.2) is 87.9 Å². The van der Waals surface area contributed by atoms with E-state index in [-0.39, 0.29) is 29.6 Å². The summed E-state index contributed by atoms with van der Waals surface area (Å²) in [6.45, 7) is -3.94. The van der Waals surface area contributed by atoms with Crippen LogP contribution in [0.1, 0.15) is 0 Å². The van der Waals surface area contributed by atoms with E-state index in [2.05, 4.69) is 0 Å². The number of aliphatic carboxylic acids is 4. The van der Waals surface area contributed by atoms with Crippen molar-refractivity contribution in [1.82, 2.24) is 9.80 Å². The van der Waals surface area contributed by atoms with Crippen molar-refractivity contribution in [1.29, 1.82) is 0 Å². The molecule has 1 atom stereocenters. The van der Waals surface area contributed by atoms with Gasteiger partial charge in [-0.05, 0) is 0 Å². The van der Waals surface area contributed by atoms with Gasteiger partial charge in [0.15, 0.2) is 0 Å². The molecule has 12 heteroatoms. The number of nitrogens with zero attached hydrogens (tertiary/aromatic N) is 2. The summed E-state index contributed by atoms with van der Waals surface area (Å²) in [5.74, 6) is -6.07. The molecule has 0 aliphatic rings. The summed E-state index contributed by atoms with van der Waals surface area (Å²) >= 11 is 0. The zero-order valence-corrected chi connectivity index (χ0v) is 13.8. The van der Waals surface area contributed by atoms with E-state index in [0.717, 1.165) is 4.90 Å². The van der Waals surface area contributed by atoms with Gasteiger partial charge in [0.25, 0.3) is 0 Å². The quantitative estimate of drug-likeness (QED) is 0.242. The Kier molecular flexibility index (Phi) is 11.9. The van der Waals surface area contributed by atoms with Gasteiger partial charge in [0, 0.05) is 19.6 Å². The van der Waals surface area contributed by atoms with Crippen molar-refractivity contribution in [2.45, 2.75) is 6.23 Å². The third-order valence-electron chi connectivity index (χ3n) is 2.23. The Balaban J connectivity index is 0. The van der Waals surface area contributed by atoms with Crippen LogP contribution < -0.4 is 39.8 Å². The van der Waals surface area contributed by atoms with Crippen LogP contribution >= 0.6 is 0 Å². The first kappa shape index (κ1) is 23.0. The number of aliphatic hydroxyl groups excluding tert-OH is 1. The number of carbonyl (C=O) groups is 4. The third kappa shape index (κ3) is 11.4. The van der Waals surface area contributed by atoms with E-state index in [1.165, 1.54) is 0 Å². The Morgan fingerprint density at radius 1 is 0.864 bits per heavy atom. The van der Waals surface area contributed by atoms with E-state index < -0.39 is 62.8 Å². The molecule has 0 spiro atoms. The van der Waals surface area contributed by atoms with E-state index in [9.17, 15) is 34.5 Å². The molecule has 0 bridgehead atoms. The molecule has 0 heterocycles.